The Hall–Kier alpha value is -0.970. The summed E-state index contributed by atoms with van der Waals surface area (Å²) in [5.74, 6) is 0.0874. The van der Waals surface area contributed by atoms with Gasteiger partial charge in [0.1, 0.15) is 0 Å². The van der Waals surface area contributed by atoms with Crippen molar-refractivity contribution >= 4 is 29.1 Å². The highest BCUT2D eigenvalue weighted by Crippen LogP contribution is 2.33. The number of ether oxygens (including phenoxy) is 1. The summed E-state index contributed by atoms with van der Waals surface area (Å²) in [4.78, 5) is 12.1. The Balaban J connectivity index is 2.77. The van der Waals surface area contributed by atoms with E-state index >= 15 is 0 Å². The van der Waals surface area contributed by atoms with E-state index in [9.17, 15) is 9.90 Å². The Morgan fingerprint density at radius 3 is 2.33 bits per heavy atom. The van der Waals surface area contributed by atoms with Crippen LogP contribution in [0.5, 0.6) is 5.75 Å². The van der Waals surface area contributed by atoms with Crippen LogP contribution in [0.4, 0.5) is 0 Å². The number of benzene rings is 1. The molecule has 1 amide bonds. The first-order valence-corrected chi connectivity index (χ1v) is 7.41. The van der Waals surface area contributed by atoms with Crippen LogP contribution in [-0.2, 0) is 0 Å². The number of aliphatic hydroxyl groups is 1. The van der Waals surface area contributed by atoms with E-state index in [1.54, 1.807) is 6.92 Å². The summed E-state index contributed by atoms with van der Waals surface area (Å²) in [7, 11) is 1.46. The van der Waals surface area contributed by atoms with Gasteiger partial charge in [0.25, 0.3) is 5.91 Å². The van der Waals surface area contributed by atoms with E-state index in [0.29, 0.717) is 34.3 Å². The van der Waals surface area contributed by atoms with Crippen LogP contribution in [0, 0.1) is 5.41 Å². The molecule has 21 heavy (non-hydrogen) atoms. The van der Waals surface area contributed by atoms with E-state index in [0.717, 1.165) is 0 Å². The van der Waals surface area contributed by atoms with Gasteiger partial charge in [-0.1, -0.05) is 37.0 Å². The number of carbonyl (C=O) groups excluding carboxylic acids is 1. The first-order valence-electron chi connectivity index (χ1n) is 6.65. The molecule has 1 aromatic rings. The van der Waals surface area contributed by atoms with Gasteiger partial charge in [0.15, 0.2) is 5.75 Å². The number of nitrogens with one attached hydrogen (secondary N) is 1. The molecule has 2 N–H and O–H groups in total. The van der Waals surface area contributed by atoms with Crippen molar-refractivity contribution in [3.63, 3.8) is 0 Å². The van der Waals surface area contributed by atoms with E-state index in [4.69, 9.17) is 27.9 Å². The predicted octanol–water partition coefficient (Wildman–Crippen LogP) is 3.53. The number of halogens is 2. The van der Waals surface area contributed by atoms with Crippen molar-refractivity contribution in [2.24, 2.45) is 5.41 Å². The minimum absolute atomic E-state index is 0.204. The number of hydrogen-bond acceptors (Lipinski definition) is 3. The van der Waals surface area contributed by atoms with Crippen LogP contribution in [0.25, 0.3) is 0 Å². The maximum atomic E-state index is 12.1. The monoisotopic (exact) mass is 333 g/mol. The van der Waals surface area contributed by atoms with Gasteiger partial charge in [0, 0.05) is 12.1 Å². The summed E-state index contributed by atoms with van der Waals surface area (Å²) in [6.07, 6.45) is 0.180. The van der Waals surface area contributed by atoms with Crippen LogP contribution >= 0.6 is 23.2 Å². The Morgan fingerprint density at radius 1 is 1.38 bits per heavy atom. The van der Waals surface area contributed by atoms with Gasteiger partial charge in [-0.2, -0.15) is 0 Å². The van der Waals surface area contributed by atoms with Crippen LogP contribution in [0.1, 0.15) is 37.6 Å². The lowest BCUT2D eigenvalue weighted by Gasteiger charge is -2.26. The molecular weight excluding hydrogens is 313 g/mol. The molecule has 0 aromatic heterocycles. The largest absolute Gasteiger partial charge is 0.494 e. The van der Waals surface area contributed by atoms with E-state index in [-0.39, 0.29) is 11.3 Å². The van der Waals surface area contributed by atoms with E-state index in [1.807, 2.05) is 13.8 Å². The molecule has 0 bridgehead atoms. The number of aliphatic hydroxyl groups excluding tert-OH is 1. The lowest BCUT2D eigenvalue weighted by atomic mass is 9.87. The van der Waals surface area contributed by atoms with Crippen LogP contribution in [-0.4, -0.2) is 30.8 Å². The summed E-state index contributed by atoms with van der Waals surface area (Å²) in [6, 6.07) is 3.03. The third-order valence-corrected chi connectivity index (χ3v) is 3.60. The number of hydrogen-bond donors (Lipinski definition) is 2. The first-order chi connectivity index (χ1) is 9.66. The molecule has 6 heteroatoms. The van der Waals surface area contributed by atoms with Crippen molar-refractivity contribution in [1.29, 1.82) is 0 Å². The Bertz CT molecular complexity index is 493. The predicted molar refractivity (Wildman–Crippen MR) is 85.4 cm³/mol. The fraction of sp³-hybridized carbons (Fsp3) is 0.533. The van der Waals surface area contributed by atoms with Crippen LogP contribution < -0.4 is 10.1 Å². The molecule has 1 atom stereocenters. The van der Waals surface area contributed by atoms with Crippen molar-refractivity contribution in [2.75, 3.05) is 13.7 Å². The van der Waals surface area contributed by atoms with Gasteiger partial charge in [-0.05, 0) is 30.9 Å². The molecule has 0 heterocycles. The summed E-state index contributed by atoms with van der Waals surface area (Å²) in [6.45, 7) is 6.13. The number of amides is 1. The normalized spacial score (nSPS) is 12.9. The number of rotatable bonds is 6. The zero-order chi connectivity index (χ0) is 16.2. The molecule has 1 aromatic carbocycles. The molecule has 0 saturated heterocycles. The molecule has 0 aliphatic carbocycles. The van der Waals surface area contributed by atoms with Gasteiger partial charge in [0.05, 0.1) is 23.3 Å². The zero-order valence-electron chi connectivity index (χ0n) is 12.7. The lowest BCUT2D eigenvalue weighted by molar-refractivity contribution is 0.0902. The van der Waals surface area contributed by atoms with E-state index < -0.39 is 6.10 Å². The third-order valence-electron chi connectivity index (χ3n) is 3.04. The fourth-order valence-corrected chi connectivity index (χ4v) is 2.82. The summed E-state index contributed by atoms with van der Waals surface area (Å²) < 4.78 is 5.05. The average Bonchev–Trinajstić information content (AvgIpc) is 2.34. The van der Waals surface area contributed by atoms with Gasteiger partial charge >= 0.3 is 0 Å². The molecule has 1 unspecified atom stereocenters. The minimum Gasteiger partial charge on any atom is -0.494 e. The van der Waals surface area contributed by atoms with Crippen LogP contribution in [0.15, 0.2) is 12.1 Å². The molecular formula is C15H21Cl2NO3. The molecule has 4 nitrogen and oxygen atoms in total. The second-order valence-corrected chi connectivity index (χ2v) is 6.69. The molecule has 0 saturated carbocycles. The van der Waals surface area contributed by atoms with Crippen molar-refractivity contribution in [2.45, 2.75) is 33.3 Å². The van der Waals surface area contributed by atoms with Gasteiger partial charge in [-0.3, -0.25) is 4.79 Å². The third kappa shape index (κ3) is 5.38. The van der Waals surface area contributed by atoms with Crippen LogP contribution in [0.3, 0.4) is 0 Å². The van der Waals surface area contributed by atoms with Gasteiger partial charge in [-0.25, -0.2) is 0 Å². The number of carbonyl (C=O) groups is 1. The molecule has 0 spiro atoms. The summed E-state index contributed by atoms with van der Waals surface area (Å²) in [5, 5.41) is 12.8. The van der Waals surface area contributed by atoms with Crippen LogP contribution in [0.2, 0.25) is 10.0 Å². The first kappa shape index (κ1) is 18.1. The van der Waals surface area contributed by atoms with E-state index in [2.05, 4.69) is 5.32 Å². The Morgan fingerprint density at radius 2 is 1.90 bits per heavy atom. The topological polar surface area (TPSA) is 58.6 Å². The quantitative estimate of drug-likeness (QED) is 0.837. The fourth-order valence-electron chi connectivity index (χ4n) is 2.18. The van der Waals surface area contributed by atoms with Crippen molar-refractivity contribution in [3.8, 4) is 5.75 Å². The average molecular weight is 334 g/mol. The smallest absolute Gasteiger partial charge is 0.251 e. The van der Waals surface area contributed by atoms with E-state index in [1.165, 1.54) is 19.2 Å². The molecule has 0 aliphatic rings. The molecule has 118 valence electrons. The minimum atomic E-state index is -0.415. The van der Waals surface area contributed by atoms with Gasteiger partial charge in [0.2, 0.25) is 0 Å². The maximum Gasteiger partial charge on any atom is 0.251 e. The summed E-state index contributed by atoms with van der Waals surface area (Å²) in [5.41, 5.74) is 0.169. The highest BCUT2D eigenvalue weighted by molar-refractivity contribution is 6.37. The van der Waals surface area contributed by atoms with Gasteiger partial charge in [-0.15, -0.1) is 0 Å². The summed E-state index contributed by atoms with van der Waals surface area (Å²) >= 11 is 12.0. The second kappa shape index (κ2) is 7.34. The lowest BCUT2D eigenvalue weighted by Crippen LogP contribution is -2.35. The highest BCUT2D eigenvalue weighted by Gasteiger charge is 2.22. The maximum absolute atomic E-state index is 12.1. The highest BCUT2D eigenvalue weighted by atomic mass is 35.5. The molecule has 0 fully saturated rings. The SMILES string of the molecule is COc1c(Cl)cc(C(=O)NCC(C)(C)CC(C)O)cc1Cl. The molecule has 0 radical (unpaired) electrons. The second-order valence-electron chi connectivity index (χ2n) is 5.87. The molecule has 0 aliphatic heterocycles. The zero-order valence-corrected chi connectivity index (χ0v) is 14.2. The van der Waals surface area contributed by atoms with Crippen molar-refractivity contribution < 1.29 is 14.6 Å². The Kier molecular flexibility index (Phi) is 6.32. The number of methoxy groups -OCH3 is 1. The standard InChI is InChI=1S/C15H21Cl2NO3/c1-9(19)7-15(2,3)8-18-14(20)10-5-11(16)13(21-4)12(17)6-10/h5-6,9,19H,7-8H2,1-4H3,(H,18,20). The Labute approximate surface area is 135 Å². The molecule has 1 rings (SSSR count). The van der Waals surface area contributed by atoms with Crippen molar-refractivity contribution in [1.82, 2.24) is 5.32 Å². The van der Waals surface area contributed by atoms with Gasteiger partial charge < -0.3 is 15.2 Å². The van der Waals surface area contributed by atoms with Crippen molar-refractivity contribution in [3.05, 3.63) is 27.7 Å².